The van der Waals surface area contributed by atoms with Gasteiger partial charge in [-0.1, -0.05) is 0 Å². The SMILES string of the molecule is N#Cc1cc(S(=O)(=O)N2CCSCC2C(=O)O)ccc1F. The van der Waals surface area contributed by atoms with Gasteiger partial charge in [-0.2, -0.15) is 21.3 Å². The second kappa shape index (κ2) is 6.01. The molecular formula is C12H11FN2O4S2. The fourth-order valence-corrected chi connectivity index (χ4v) is 4.81. The van der Waals surface area contributed by atoms with E-state index in [1.54, 1.807) is 6.07 Å². The van der Waals surface area contributed by atoms with Gasteiger partial charge >= 0.3 is 5.97 Å². The summed E-state index contributed by atoms with van der Waals surface area (Å²) < 4.78 is 39.2. The van der Waals surface area contributed by atoms with Gasteiger partial charge < -0.3 is 5.11 Å². The molecule has 9 heteroatoms. The summed E-state index contributed by atoms with van der Waals surface area (Å²) >= 11 is 1.36. The largest absolute Gasteiger partial charge is 0.480 e. The molecule has 1 aromatic carbocycles. The van der Waals surface area contributed by atoms with Gasteiger partial charge in [-0.25, -0.2) is 12.8 Å². The molecule has 21 heavy (non-hydrogen) atoms. The zero-order valence-corrected chi connectivity index (χ0v) is 12.3. The van der Waals surface area contributed by atoms with E-state index in [4.69, 9.17) is 10.4 Å². The number of sulfonamides is 1. The molecule has 1 aromatic rings. The quantitative estimate of drug-likeness (QED) is 0.884. The van der Waals surface area contributed by atoms with Crippen LogP contribution in [0.2, 0.25) is 0 Å². The molecule has 1 unspecified atom stereocenters. The van der Waals surface area contributed by atoms with E-state index in [1.807, 2.05) is 0 Å². The van der Waals surface area contributed by atoms with Crippen LogP contribution < -0.4 is 0 Å². The van der Waals surface area contributed by atoms with Gasteiger partial charge in [-0.15, -0.1) is 0 Å². The van der Waals surface area contributed by atoms with Crippen molar-refractivity contribution in [2.45, 2.75) is 10.9 Å². The minimum Gasteiger partial charge on any atom is -0.480 e. The van der Waals surface area contributed by atoms with E-state index in [1.165, 1.54) is 11.8 Å². The average Bonchev–Trinajstić information content (AvgIpc) is 2.47. The van der Waals surface area contributed by atoms with Crippen LogP contribution in [0.4, 0.5) is 4.39 Å². The van der Waals surface area contributed by atoms with E-state index in [0.717, 1.165) is 22.5 Å². The van der Waals surface area contributed by atoms with Crippen molar-refractivity contribution in [3.05, 3.63) is 29.6 Å². The molecule has 0 radical (unpaired) electrons. The summed E-state index contributed by atoms with van der Waals surface area (Å²) in [5.74, 6) is -1.41. The first kappa shape index (κ1) is 15.8. The Morgan fingerprint density at radius 2 is 2.24 bits per heavy atom. The van der Waals surface area contributed by atoms with Crippen molar-refractivity contribution in [2.75, 3.05) is 18.1 Å². The van der Waals surface area contributed by atoms with Gasteiger partial charge in [0.1, 0.15) is 17.9 Å². The highest BCUT2D eigenvalue weighted by Gasteiger charge is 2.38. The van der Waals surface area contributed by atoms with E-state index >= 15 is 0 Å². The van der Waals surface area contributed by atoms with Crippen molar-refractivity contribution in [3.63, 3.8) is 0 Å². The molecule has 1 atom stereocenters. The highest BCUT2D eigenvalue weighted by atomic mass is 32.2. The van der Waals surface area contributed by atoms with Gasteiger partial charge in [0.2, 0.25) is 10.0 Å². The predicted octanol–water partition coefficient (Wildman–Crippen LogP) is 0.888. The molecule has 1 aliphatic heterocycles. The normalized spacial score (nSPS) is 19.9. The number of halogens is 1. The number of hydrogen-bond acceptors (Lipinski definition) is 5. The average molecular weight is 330 g/mol. The molecule has 112 valence electrons. The van der Waals surface area contributed by atoms with Crippen LogP contribution in [0.1, 0.15) is 5.56 Å². The Hall–Kier alpha value is -1.63. The topological polar surface area (TPSA) is 98.5 Å². The van der Waals surface area contributed by atoms with Gasteiger partial charge in [0.15, 0.2) is 0 Å². The van der Waals surface area contributed by atoms with Crippen molar-refractivity contribution in [1.29, 1.82) is 5.26 Å². The number of nitriles is 1. The van der Waals surface area contributed by atoms with Crippen LogP contribution in [-0.2, 0) is 14.8 Å². The van der Waals surface area contributed by atoms with Gasteiger partial charge in [-0.3, -0.25) is 4.79 Å². The van der Waals surface area contributed by atoms with Crippen LogP contribution in [0.15, 0.2) is 23.1 Å². The maximum Gasteiger partial charge on any atom is 0.322 e. The molecule has 0 aromatic heterocycles. The molecule has 6 nitrogen and oxygen atoms in total. The third kappa shape index (κ3) is 3.02. The summed E-state index contributed by atoms with van der Waals surface area (Å²) in [7, 11) is -4.08. The fourth-order valence-electron chi connectivity index (χ4n) is 1.96. The monoisotopic (exact) mass is 330 g/mol. The molecule has 0 saturated carbocycles. The van der Waals surface area contributed by atoms with Crippen LogP contribution >= 0.6 is 11.8 Å². The Labute approximate surface area is 125 Å². The van der Waals surface area contributed by atoms with Crippen LogP contribution in [0.3, 0.4) is 0 Å². The third-order valence-electron chi connectivity index (χ3n) is 3.03. The van der Waals surface area contributed by atoms with Crippen LogP contribution in [0.25, 0.3) is 0 Å². The predicted molar refractivity (Wildman–Crippen MR) is 73.8 cm³/mol. The van der Waals surface area contributed by atoms with Gasteiger partial charge in [-0.05, 0) is 18.2 Å². The molecule has 2 rings (SSSR count). The number of rotatable bonds is 3. The maximum atomic E-state index is 13.3. The smallest absolute Gasteiger partial charge is 0.322 e. The number of nitrogens with zero attached hydrogens (tertiary/aromatic N) is 2. The lowest BCUT2D eigenvalue weighted by atomic mass is 10.2. The van der Waals surface area contributed by atoms with Crippen LogP contribution in [0.5, 0.6) is 0 Å². The molecule has 1 aliphatic rings. The van der Waals surface area contributed by atoms with Crippen molar-refractivity contribution >= 4 is 27.8 Å². The highest BCUT2D eigenvalue weighted by Crippen LogP contribution is 2.25. The Bertz CT molecular complexity index is 714. The van der Waals surface area contributed by atoms with Crippen LogP contribution in [-0.4, -0.2) is 47.9 Å². The molecule has 1 N–H and O–H groups in total. The number of carboxylic acids is 1. The summed E-state index contributed by atoms with van der Waals surface area (Å²) in [6.07, 6.45) is 0. The van der Waals surface area contributed by atoms with Crippen molar-refractivity contribution < 1.29 is 22.7 Å². The molecule has 0 amide bonds. The highest BCUT2D eigenvalue weighted by molar-refractivity contribution is 7.99. The second-order valence-corrected chi connectivity index (χ2v) is 7.34. The molecule has 1 heterocycles. The number of thioether (sulfide) groups is 1. The first-order chi connectivity index (χ1) is 9.87. The number of carboxylic acid groups (broad SMARTS) is 1. The third-order valence-corrected chi connectivity index (χ3v) is 5.96. The summed E-state index contributed by atoms with van der Waals surface area (Å²) in [5, 5.41) is 17.9. The Morgan fingerprint density at radius 3 is 2.86 bits per heavy atom. The Morgan fingerprint density at radius 1 is 1.52 bits per heavy atom. The Balaban J connectivity index is 2.46. The Kier molecular flexibility index (Phi) is 4.51. The van der Waals surface area contributed by atoms with E-state index in [9.17, 15) is 17.6 Å². The second-order valence-electron chi connectivity index (χ2n) is 4.30. The molecule has 0 aliphatic carbocycles. The minimum absolute atomic E-state index is 0.0588. The molecule has 1 fully saturated rings. The fraction of sp³-hybridized carbons (Fsp3) is 0.333. The lowest BCUT2D eigenvalue weighted by molar-refractivity contribution is -0.140. The van der Waals surface area contributed by atoms with E-state index in [-0.39, 0.29) is 17.2 Å². The lowest BCUT2D eigenvalue weighted by Gasteiger charge is -2.31. The first-order valence-corrected chi connectivity index (χ1v) is 8.49. The summed E-state index contributed by atoms with van der Waals surface area (Å²) in [6.45, 7) is 0.0588. The van der Waals surface area contributed by atoms with Gasteiger partial charge in [0.05, 0.1) is 10.5 Å². The number of benzene rings is 1. The summed E-state index contributed by atoms with van der Waals surface area (Å²) in [4.78, 5) is 10.9. The lowest BCUT2D eigenvalue weighted by Crippen LogP contribution is -2.50. The van der Waals surface area contributed by atoms with Gasteiger partial charge in [0.25, 0.3) is 0 Å². The standard InChI is InChI=1S/C12H11FN2O4S2/c13-10-2-1-9(5-8(10)6-14)21(18,19)15-3-4-20-7-11(15)12(16)17/h1-2,5,11H,3-4,7H2,(H,16,17). The zero-order valence-electron chi connectivity index (χ0n) is 10.7. The van der Waals surface area contributed by atoms with E-state index in [2.05, 4.69) is 0 Å². The molecular weight excluding hydrogens is 319 g/mol. The molecule has 1 saturated heterocycles. The summed E-state index contributed by atoms with van der Waals surface area (Å²) in [6, 6.07) is 3.25. The minimum atomic E-state index is -4.08. The zero-order chi connectivity index (χ0) is 15.6. The maximum absolute atomic E-state index is 13.3. The number of carbonyl (C=O) groups is 1. The molecule has 0 bridgehead atoms. The van der Waals surface area contributed by atoms with E-state index in [0.29, 0.717) is 5.75 Å². The van der Waals surface area contributed by atoms with Crippen molar-refractivity contribution in [1.82, 2.24) is 4.31 Å². The number of hydrogen-bond donors (Lipinski definition) is 1. The molecule has 0 spiro atoms. The van der Waals surface area contributed by atoms with Crippen molar-refractivity contribution in [2.24, 2.45) is 0 Å². The first-order valence-electron chi connectivity index (χ1n) is 5.90. The number of aliphatic carboxylic acids is 1. The van der Waals surface area contributed by atoms with Gasteiger partial charge in [0, 0.05) is 18.1 Å². The summed E-state index contributed by atoms with van der Waals surface area (Å²) in [5.41, 5.74) is -0.394. The van der Waals surface area contributed by atoms with E-state index < -0.39 is 33.4 Å². The van der Waals surface area contributed by atoms with Crippen LogP contribution in [0, 0.1) is 17.1 Å². The van der Waals surface area contributed by atoms with Crippen molar-refractivity contribution in [3.8, 4) is 6.07 Å².